The van der Waals surface area contributed by atoms with Gasteiger partial charge in [-0.25, -0.2) is 0 Å². The molecule has 0 aliphatic rings. The quantitative estimate of drug-likeness (QED) is 0.166. The minimum absolute atomic E-state index is 0.274. The first-order valence-corrected chi connectivity index (χ1v) is 14.4. The zero-order valence-electron chi connectivity index (χ0n) is 23.0. The van der Waals surface area contributed by atoms with Gasteiger partial charge in [0, 0.05) is 24.8 Å². The van der Waals surface area contributed by atoms with Gasteiger partial charge in [-0.05, 0) is 105 Å². The third kappa shape index (κ3) is 7.21. The minimum Gasteiger partial charge on any atom is -0.488 e. The van der Waals surface area contributed by atoms with Crippen LogP contribution in [0.15, 0.2) is 137 Å². The van der Waals surface area contributed by atoms with E-state index in [1.807, 2.05) is 60.7 Å². The number of para-hydroxylation sites is 2. The van der Waals surface area contributed by atoms with Gasteiger partial charge < -0.3 is 14.2 Å². The summed E-state index contributed by atoms with van der Waals surface area (Å²) in [5, 5.41) is 0. The topological polar surface area (TPSA) is 53.5 Å². The van der Waals surface area contributed by atoms with E-state index in [1.165, 1.54) is 0 Å². The predicted molar refractivity (Wildman–Crippen MR) is 159 cm³/mol. The highest BCUT2D eigenvalue weighted by molar-refractivity contribution is 7.97. The largest absolute Gasteiger partial charge is 0.488 e. The average molecular weight is 550 g/mol. The maximum absolute atomic E-state index is 6.41. The molecule has 0 spiro atoms. The third-order valence-electron chi connectivity index (χ3n) is 5.91. The Morgan fingerprint density at radius 2 is 1.02 bits per heavy atom. The highest BCUT2D eigenvalue weighted by Crippen LogP contribution is 2.41. The van der Waals surface area contributed by atoms with Crippen LogP contribution in [0.3, 0.4) is 0 Å². The molecule has 0 bridgehead atoms. The van der Waals surface area contributed by atoms with E-state index in [4.69, 9.17) is 14.2 Å². The van der Waals surface area contributed by atoms with Crippen molar-refractivity contribution in [2.24, 2.45) is 0 Å². The summed E-state index contributed by atoms with van der Waals surface area (Å²) < 4.78 is 18.9. The number of aromatic nitrogens is 2. The smallest absolute Gasteiger partial charge is 0.208 e. The Bertz CT molecular complexity index is 1420. The Morgan fingerprint density at radius 3 is 1.48 bits per heavy atom. The molecule has 3 aromatic carbocycles. The molecule has 40 heavy (non-hydrogen) atoms. The predicted octanol–water partition coefficient (Wildman–Crippen LogP) is 7.91. The van der Waals surface area contributed by atoms with Crippen LogP contribution < -0.4 is 14.2 Å². The van der Waals surface area contributed by atoms with E-state index in [1.54, 1.807) is 24.8 Å². The molecule has 5 rings (SSSR count). The van der Waals surface area contributed by atoms with Crippen molar-refractivity contribution < 1.29 is 14.2 Å². The fraction of sp³-hybridized carbons (Fsp3) is 0.176. The average Bonchev–Trinajstić information content (AvgIpc) is 2.97. The van der Waals surface area contributed by atoms with Gasteiger partial charge in [-0.1, -0.05) is 24.3 Å². The molecule has 0 amide bonds. The summed E-state index contributed by atoms with van der Waals surface area (Å²) in [7, 11) is -0.515. The molecule has 2 aromatic heterocycles. The monoisotopic (exact) mass is 549 g/mol. The van der Waals surface area contributed by atoms with Crippen molar-refractivity contribution in [1.29, 1.82) is 0 Å². The van der Waals surface area contributed by atoms with Gasteiger partial charge in [0.1, 0.15) is 35.5 Å². The van der Waals surface area contributed by atoms with E-state index in [-0.39, 0.29) is 5.60 Å². The molecule has 0 N–H and O–H groups in total. The third-order valence-corrected chi connectivity index (χ3v) is 8.21. The van der Waals surface area contributed by atoms with Crippen molar-refractivity contribution in [2.75, 3.05) is 0 Å². The summed E-state index contributed by atoms with van der Waals surface area (Å²) in [6.07, 6.45) is 7.14. The van der Waals surface area contributed by atoms with E-state index in [0.717, 1.165) is 43.1 Å². The molecule has 0 saturated heterocycles. The Kier molecular flexibility index (Phi) is 8.67. The molecular weight excluding hydrogens is 516 g/mol. The Balaban J connectivity index is 1.54. The summed E-state index contributed by atoms with van der Waals surface area (Å²) in [6.45, 7) is 7.07. The molecule has 0 radical (unpaired) electrons. The minimum atomic E-state index is -0.515. The molecule has 5 aromatic rings. The van der Waals surface area contributed by atoms with Crippen LogP contribution in [-0.4, -0.2) is 15.6 Å². The molecule has 0 unspecified atom stereocenters. The van der Waals surface area contributed by atoms with Crippen LogP contribution in [0, 0.1) is 0 Å². The van der Waals surface area contributed by atoms with E-state index in [2.05, 4.69) is 67.1 Å². The van der Waals surface area contributed by atoms with Crippen LogP contribution in [0.4, 0.5) is 0 Å². The molecule has 0 aliphatic carbocycles. The second-order valence-electron chi connectivity index (χ2n) is 10.2. The summed E-state index contributed by atoms with van der Waals surface area (Å²) in [5.41, 5.74) is 1.85. The van der Waals surface area contributed by atoms with Gasteiger partial charge in [-0.15, -0.1) is 0 Å². The fourth-order valence-electron chi connectivity index (χ4n) is 4.13. The van der Waals surface area contributed by atoms with Crippen molar-refractivity contribution in [3.8, 4) is 17.2 Å². The van der Waals surface area contributed by atoms with Gasteiger partial charge in [0.2, 0.25) is 9.79 Å². The summed E-state index contributed by atoms with van der Waals surface area (Å²) in [5.74, 6) is 2.51. The Hall–Kier alpha value is -4.29. The zero-order chi connectivity index (χ0) is 27.8. The Morgan fingerprint density at radius 1 is 0.575 bits per heavy atom. The SMILES string of the molecule is CC(C)(C)Oc1ccc([S+](c2ccccc2OCc2ccncc2)c2ccccc2OCc2ccncc2)cc1. The van der Waals surface area contributed by atoms with E-state index in [9.17, 15) is 0 Å². The molecule has 202 valence electrons. The first-order chi connectivity index (χ1) is 19.5. The number of nitrogens with zero attached hydrogens (tertiary/aromatic N) is 2. The lowest BCUT2D eigenvalue weighted by molar-refractivity contribution is 0.131. The van der Waals surface area contributed by atoms with Crippen LogP contribution in [0.5, 0.6) is 17.2 Å². The van der Waals surface area contributed by atoms with Crippen LogP contribution in [0.25, 0.3) is 0 Å². The number of hydrogen-bond donors (Lipinski definition) is 0. The lowest BCUT2D eigenvalue weighted by atomic mass is 10.2. The lowest BCUT2D eigenvalue weighted by Crippen LogP contribution is -2.22. The molecule has 2 heterocycles. The highest BCUT2D eigenvalue weighted by atomic mass is 32.2. The Labute approximate surface area is 239 Å². The van der Waals surface area contributed by atoms with E-state index >= 15 is 0 Å². The summed E-state index contributed by atoms with van der Waals surface area (Å²) >= 11 is 0. The standard InChI is InChI=1S/C34H33N2O3S/c1-34(2,3)39-28-12-14-29(15-13-28)40(32-10-6-4-8-30(32)37-24-26-16-20-35-21-17-26)33-11-7-5-9-31(33)38-25-27-18-22-36-23-19-27/h4-23H,24-25H2,1-3H3/q+1. The number of rotatable bonds is 10. The normalized spacial score (nSPS) is 11.3. The maximum Gasteiger partial charge on any atom is 0.208 e. The van der Waals surface area contributed by atoms with Crippen molar-refractivity contribution in [1.82, 2.24) is 9.97 Å². The molecule has 0 aliphatic heterocycles. The highest BCUT2D eigenvalue weighted by Gasteiger charge is 2.35. The van der Waals surface area contributed by atoms with Crippen LogP contribution in [0.2, 0.25) is 0 Å². The van der Waals surface area contributed by atoms with Crippen molar-refractivity contribution in [3.05, 3.63) is 133 Å². The van der Waals surface area contributed by atoms with Gasteiger partial charge in [0.25, 0.3) is 0 Å². The maximum atomic E-state index is 6.41. The fourth-order valence-corrected chi connectivity index (χ4v) is 6.36. The summed E-state index contributed by atoms with van der Waals surface area (Å²) in [6, 6.07) is 32.8. The summed E-state index contributed by atoms with van der Waals surface area (Å²) in [4.78, 5) is 11.6. The van der Waals surface area contributed by atoms with Crippen molar-refractivity contribution in [3.63, 3.8) is 0 Å². The number of ether oxygens (including phenoxy) is 3. The van der Waals surface area contributed by atoms with E-state index in [0.29, 0.717) is 13.2 Å². The van der Waals surface area contributed by atoms with Crippen molar-refractivity contribution >= 4 is 10.9 Å². The molecule has 0 atom stereocenters. The molecular formula is C34H33N2O3S+. The molecule has 0 saturated carbocycles. The van der Waals surface area contributed by atoms with E-state index < -0.39 is 10.9 Å². The van der Waals surface area contributed by atoms with Crippen LogP contribution in [-0.2, 0) is 24.1 Å². The first kappa shape index (κ1) is 27.3. The second-order valence-corrected chi connectivity index (χ2v) is 12.1. The number of benzene rings is 3. The first-order valence-electron chi connectivity index (χ1n) is 13.2. The number of hydrogen-bond acceptors (Lipinski definition) is 5. The molecule has 6 heteroatoms. The van der Waals surface area contributed by atoms with Crippen LogP contribution in [0.1, 0.15) is 31.9 Å². The number of pyridine rings is 2. The van der Waals surface area contributed by atoms with Gasteiger partial charge in [-0.3, -0.25) is 9.97 Å². The van der Waals surface area contributed by atoms with Gasteiger partial charge in [0.05, 0.1) is 0 Å². The van der Waals surface area contributed by atoms with Crippen molar-refractivity contribution in [2.45, 2.75) is 54.3 Å². The van der Waals surface area contributed by atoms with Gasteiger partial charge >= 0.3 is 0 Å². The zero-order valence-corrected chi connectivity index (χ0v) is 23.8. The lowest BCUT2D eigenvalue weighted by Gasteiger charge is -2.21. The van der Waals surface area contributed by atoms with Gasteiger partial charge in [0.15, 0.2) is 16.4 Å². The molecule has 0 fully saturated rings. The molecule has 5 nitrogen and oxygen atoms in total. The second kappa shape index (κ2) is 12.7. The van der Waals surface area contributed by atoms with Gasteiger partial charge in [-0.2, -0.15) is 0 Å². The van der Waals surface area contributed by atoms with Crippen LogP contribution >= 0.6 is 0 Å².